The van der Waals surface area contributed by atoms with Crippen molar-refractivity contribution in [2.45, 2.75) is 26.5 Å². The molecule has 2 aromatic rings. The van der Waals surface area contributed by atoms with Gasteiger partial charge in [-0.1, -0.05) is 23.8 Å². The fourth-order valence-electron chi connectivity index (χ4n) is 1.87. The van der Waals surface area contributed by atoms with Crippen LogP contribution in [-0.4, -0.2) is 23.7 Å². The van der Waals surface area contributed by atoms with Gasteiger partial charge in [0.1, 0.15) is 11.9 Å². The van der Waals surface area contributed by atoms with E-state index in [1.807, 2.05) is 50.2 Å². The third-order valence-electron chi connectivity index (χ3n) is 3.08. The van der Waals surface area contributed by atoms with E-state index in [0.717, 1.165) is 11.3 Å². The zero-order chi connectivity index (χ0) is 15.8. The zero-order valence-corrected chi connectivity index (χ0v) is 12.9. The molecular weight excluding hydrogens is 278 g/mol. The molecule has 0 saturated carbocycles. The van der Waals surface area contributed by atoms with Crippen LogP contribution in [0.1, 0.15) is 18.1 Å². The quantitative estimate of drug-likeness (QED) is 0.862. The van der Waals surface area contributed by atoms with Gasteiger partial charge in [-0.2, -0.15) is 0 Å². The van der Waals surface area contributed by atoms with Gasteiger partial charge in [-0.15, -0.1) is 0 Å². The molecule has 0 spiro atoms. The number of ether oxygens (including phenoxy) is 1. The van der Waals surface area contributed by atoms with Crippen molar-refractivity contribution in [2.75, 3.05) is 6.54 Å². The van der Waals surface area contributed by atoms with Crippen LogP contribution in [0.4, 0.5) is 4.79 Å². The minimum absolute atomic E-state index is 0.105. The predicted octanol–water partition coefficient (Wildman–Crippen LogP) is 2.66. The lowest BCUT2D eigenvalue weighted by molar-refractivity contribution is 0.207. The molecule has 2 amide bonds. The summed E-state index contributed by atoms with van der Waals surface area (Å²) in [5.41, 5.74) is 2.15. The van der Waals surface area contributed by atoms with Crippen molar-refractivity contribution in [1.82, 2.24) is 15.6 Å². The van der Waals surface area contributed by atoms with Gasteiger partial charge in [0.05, 0.1) is 6.54 Å². The summed E-state index contributed by atoms with van der Waals surface area (Å²) in [5, 5.41) is 5.57. The smallest absolute Gasteiger partial charge is 0.315 e. The minimum Gasteiger partial charge on any atom is -0.489 e. The first-order chi connectivity index (χ1) is 10.6. The van der Waals surface area contributed by atoms with E-state index < -0.39 is 0 Å². The van der Waals surface area contributed by atoms with Crippen molar-refractivity contribution in [3.63, 3.8) is 0 Å². The van der Waals surface area contributed by atoms with Crippen LogP contribution >= 0.6 is 0 Å². The molecule has 0 bridgehead atoms. The maximum absolute atomic E-state index is 11.7. The van der Waals surface area contributed by atoms with Crippen LogP contribution in [0.2, 0.25) is 0 Å². The molecule has 22 heavy (non-hydrogen) atoms. The highest BCUT2D eigenvalue weighted by Crippen LogP contribution is 2.12. The van der Waals surface area contributed by atoms with Gasteiger partial charge in [-0.3, -0.25) is 4.98 Å². The number of amides is 2. The van der Waals surface area contributed by atoms with E-state index in [0.29, 0.717) is 13.1 Å². The molecule has 2 rings (SSSR count). The third-order valence-corrected chi connectivity index (χ3v) is 3.08. The molecule has 1 aromatic carbocycles. The molecule has 0 saturated heterocycles. The number of benzene rings is 1. The van der Waals surface area contributed by atoms with Crippen molar-refractivity contribution in [1.29, 1.82) is 0 Å². The second-order valence-electron chi connectivity index (χ2n) is 5.17. The molecule has 1 atom stereocenters. The van der Waals surface area contributed by atoms with Crippen LogP contribution < -0.4 is 15.4 Å². The van der Waals surface area contributed by atoms with Crippen molar-refractivity contribution >= 4 is 6.03 Å². The molecular formula is C17H21N3O2. The number of rotatable bonds is 6. The number of hydrogen-bond acceptors (Lipinski definition) is 3. The Hall–Kier alpha value is -2.56. The summed E-state index contributed by atoms with van der Waals surface area (Å²) in [6.07, 6.45) is 3.32. The van der Waals surface area contributed by atoms with E-state index in [9.17, 15) is 4.79 Å². The molecule has 1 unspecified atom stereocenters. The maximum Gasteiger partial charge on any atom is 0.315 e. The van der Waals surface area contributed by atoms with Gasteiger partial charge in [0.2, 0.25) is 0 Å². The fraction of sp³-hybridized carbons (Fsp3) is 0.294. The number of pyridine rings is 1. The van der Waals surface area contributed by atoms with Gasteiger partial charge >= 0.3 is 6.03 Å². The Kier molecular flexibility index (Phi) is 5.77. The van der Waals surface area contributed by atoms with Crippen molar-refractivity contribution in [3.05, 3.63) is 59.9 Å². The van der Waals surface area contributed by atoms with Gasteiger partial charge in [0.15, 0.2) is 0 Å². The van der Waals surface area contributed by atoms with Crippen molar-refractivity contribution < 1.29 is 9.53 Å². The van der Waals surface area contributed by atoms with E-state index in [4.69, 9.17) is 4.74 Å². The van der Waals surface area contributed by atoms with Gasteiger partial charge < -0.3 is 15.4 Å². The zero-order valence-electron chi connectivity index (χ0n) is 12.9. The van der Waals surface area contributed by atoms with Gasteiger partial charge in [-0.05, 0) is 37.6 Å². The first kappa shape index (κ1) is 15.8. The molecule has 0 aliphatic heterocycles. The van der Waals surface area contributed by atoms with E-state index >= 15 is 0 Å². The highest BCUT2D eigenvalue weighted by atomic mass is 16.5. The Morgan fingerprint density at radius 2 is 2.00 bits per heavy atom. The van der Waals surface area contributed by atoms with Gasteiger partial charge in [-0.25, -0.2) is 4.79 Å². The van der Waals surface area contributed by atoms with E-state index in [2.05, 4.69) is 15.6 Å². The first-order valence-electron chi connectivity index (χ1n) is 7.27. The van der Waals surface area contributed by atoms with Crippen LogP contribution in [0.5, 0.6) is 5.75 Å². The summed E-state index contributed by atoms with van der Waals surface area (Å²) in [7, 11) is 0. The number of aryl methyl sites for hydroxylation is 1. The topological polar surface area (TPSA) is 63.2 Å². The summed E-state index contributed by atoms with van der Waals surface area (Å²) < 4.78 is 5.73. The summed E-state index contributed by atoms with van der Waals surface area (Å²) in [6, 6.07) is 11.4. The van der Waals surface area contributed by atoms with Crippen LogP contribution in [0.3, 0.4) is 0 Å². The number of nitrogens with zero attached hydrogens (tertiary/aromatic N) is 1. The van der Waals surface area contributed by atoms with Crippen molar-refractivity contribution in [3.8, 4) is 5.75 Å². The van der Waals surface area contributed by atoms with Crippen molar-refractivity contribution in [2.24, 2.45) is 0 Å². The number of carbonyl (C=O) groups is 1. The molecule has 1 heterocycles. The largest absolute Gasteiger partial charge is 0.489 e. The highest BCUT2D eigenvalue weighted by Gasteiger charge is 2.06. The summed E-state index contributed by atoms with van der Waals surface area (Å²) in [6.45, 7) is 4.84. The number of urea groups is 1. The lowest BCUT2D eigenvalue weighted by atomic mass is 10.2. The monoisotopic (exact) mass is 299 g/mol. The second kappa shape index (κ2) is 8.02. The van der Waals surface area contributed by atoms with Crippen LogP contribution in [0, 0.1) is 6.92 Å². The van der Waals surface area contributed by atoms with Crippen LogP contribution in [0.25, 0.3) is 0 Å². The van der Waals surface area contributed by atoms with E-state index in [-0.39, 0.29) is 12.1 Å². The molecule has 0 radical (unpaired) electrons. The Labute approximate surface area is 130 Å². The minimum atomic E-state index is -0.219. The third kappa shape index (κ3) is 5.44. The molecule has 0 fully saturated rings. The SMILES string of the molecule is Cc1ccc(OC(C)CNC(=O)NCc2cccnc2)cc1. The number of nitrogens with one attached hydrogen (secondary N) is 2. The number of carbonyl (C=O) groups excluding carboxylic acids is 1. The Balaban J connectivity index is 1.68. The van der Waals surface area contributed by atoms with Crippen LogP contribution in [0.15, 0.2) is 48.8 Å². The lowest BCUT2D eigenvalue weighted by Crippen LogP contribution is -2.40. The molecule has 0 aliphatic carbocycles. The maximum atomic E-state index is 11.7. The average Bonchev–Trinajstić information content (AvgIpc) is 2.54. The normalized spacial score (nSPS) is 11.5. The fourth-order valence-corrected chi connectivity index (χ4v) is 1.87. The molecule has 116 valence electrons. The molecule has 2 N–H and O–H groups in total. The molecule has 0 aliphatic rings. The highest BCUT2D eigenvalue weighted by molar-refractivity contribution is 5.73. The number of hydrogen-bond donors (Lipinski definition) is 2. The van der Waals surface area contributed by atoms with E-state index in [1.54, 1.807) is 12.4 Å². The molecule has 5 heteroatoms. The Bertz CT molecular complexity index is 585. The summed E-state index contributed by atoms with van der Waals surface area (Å²) in [4.78, 5) is 15.7. The first-order valence-corrected chi connectivity index (χ1v) is 7.27. The lowest BCUT2D eigenvalue weighted by Gasteiger charge is -2.16. The predicted molar refractivity (Wildman–Crippen MR) is 85.7 cm³/mol. The molecule has 5 nitrogen and oxygen atoms in total. The Morgan fingerprint density at radius 1 is 1.23 bits per heavy atom. The Morgan fingerprint density at radius 3 is 2.68 bits per heavy atom. The number of aromatic nitrogens is 1. The summed E-state index contributed by atoms with van der Waals surface area (Å²) >= 11 is 0. The standard InChI is InChI=1S/C17H21N3O2/c1-13-5-7-16(8-6-13)22-14(2)10-19-17(21)20-12-15-4-3-9-18-11-15/h3-9,11,14H,10,12H2,1-2H3,(H2,19,20,21). The molecule has 1 aromatic heterocycles. The van der Waals surface area contributed by atoms with Crippen LogP contribution in [-0.2, 0) is 6.54 Å². The summed E-state index contributed by atoms with van der Waals surface area (Å²) in [5.74, 6) is 0.802. The second-order valence-corrected chi connectivity index (χ2v) is 5.17. The van der Waals surface area contributed by atoms with E-state index in [1.165, 1.54) is 5.56 Å². The van der Waals surface area contributed by atoms with Gasteiger partial charge in [0, 0.05) is 18.9 Å². The average molecular weight is 299 g/mol. The van der Waals surface area contributed by atoms with Gasteiger partial charge in [0.25, 0.3) is 0 Å².